The van der Waals surface area contributed by atoms with E-state index in [0.29, 0.717) is 38.5 Å². The summed E-state index contributed by atoms with van der Waals surface area (Å²) in [6.07, 6.45) is 3.70. The fourth-order valence-electron chi connectivity index (χ4n) is 7.02. The quantitative estimate of drug-likeness (QED) is 0.280. The van der Waals surface area contributed by atoms with Crippen molar-refractivity contribution in [3.8, 4) is 17.1 Å². The van der Waals surface area contributed by atoms with Crippen LogP contribution in [0.1, 0.15) is 32.1 Å². The first-order valence-corrected chi connectivity index (χ1v) is 15.6. The maximum absolute atomic E-state index is 16.5. The summed E-state index contributed by atoms with van der Waals surface area (Å²) in [7, 11) is 0. The van der Waals surface area contributed by atoms with Crippen molar-refractivity contribution in [2.24, 2.45) is 5.41 Å². The van der Waals surface area contributed by atoms with E-state index in [4.69, 9.17) is 15.5 Å². The maximum atomic E-state index is 16.5. The predicted octanol–water partition coefficient (Wildman–Crippen LogP) is 5.05. The van der Waals surface area contributed by atoms with Crippen molar-refractivity contribution in [3.05, 3.63) is 35.7 Å². The molecule has 3 atom stereocenters. The first kappa shape index (κ1) is 27.3. The fraction of sp³-hybridized carbons (Fsp3) is 0.500. The summed E-state index contributed by atoms with van der Waals surface area (Å²) in [5.41, 5.74) is 5.48. The molecule has 2 aromatic heterocycles. The number of likely N-dealkylation sites (tertiary alicyclic amines) is 1. The van der Waals surface area contributed by atoms with Crippen LogP contribution in [0.4, 0.5) is 28.5 Å². The highest BCUT2D eigenvalue weighted by Crippen LogP contribution is 2.47. The zero-order chi connectivity index (χ0) is 29.5. The minimum absolute atomic E-state index is 0.0167. The van der Waals surface area contributed by atoms with Crippen LogP contribution in [0.5, 0.6) is 6.01 Å². The number of anilines is 2. The number of aromatic nitrogens is 3. The van der Waals surface area contributed by atoms with Crippen LogP contribution >= 0.6 is 11.3 Å². The highest BCUT2D eigenvalue weighted by Gasteiger charge is 2.46. The number of hydrogen-bond acceptors (Lipinski definition) is 9. The summed E-state index contributed by atoms with van der Waals surface area (Å²) >= 11 is 0.923. The molecule has 3 aliphatic heterocycles. The highest BCUT2D eigenvalue weighted by atomic mass is 32.1. The lowest BCUT2D eigenvalue weighted by Crippen LogP contribution is -2.51. The van der Waals surface area contributed by atoms with Gasteiger partial charge in [-0.25, -0.2) is 22.5 Å². The molecule has 8 rings (SSSR count). The number of rotatable bonds is 7. The van der Waals surface area contributed by atoms with Gasteiger partial charge in [0.15, 0.2) is 10.9 Å². The Labute approximate surface area is 249 Å². The third kappa shape index (κ3) is 4.85. The number of nitrogens with two attached hydrogens (primary N) is 1. The van der Waals surface area contributed by atoms with E-state index in [0.717, 1.165) is 56.2 Å². The Morgan fingerprint density at radius 3 is 2.51 bits per heavy atom. The molecule has 1 aliphatic carbocycles. The number of nitrogens with one attached hydrogen (secondary N) is 1. The molecule has 4 aliphatic rings. The Balaban J connectivity index is 1.21. The Bertz CT molecular complexity index is 1740. The van der Waals surface area contributed by atoms with Crippen LogP contribution in [0.25, 0.3) is 32.2 Å². The number of halogens is 4. The molecular formula is C30H31F4N7OS. The number of alkyl halides is 1. The molecule has 5 heterocycles. The molecule has 0 spiro atoms. The van der Waals surface area contributed by atoms with Gasteiger partial charge in [-0.2, -0.15) is 9.97 Å². The van der Waals surface area contributed by atoms with E-state index in [-0.39, 0.29) is 60.9 Å². The van der Waals surface area contributed by atoms with Crippen molar-refractivity contribution in [2.45, 2.75) is 50.4 Å². The van der Waals surface area contributed by atoms with Gasteiger partial charge in [0.05, 0.1) is 22.4 Å². The molecule has 13 heteroatoms. The van der Waals surface area contributed by atoms with Crippen LogP contribution in [0.2, 0.25) is 0 Å². The van der Waals surface area contributed by atoms with Gasteiger partial charge in [-0.3, -0.25) is 4.90 Å². The first-order chi connectivity index (χ1) is 20.7. The Morgan fingerprint density at radius 1 is 1.00 bits per heavy atom. The largest absolute Gasteiger partial charge is 0.463 e. The summed E-state index contributed by atoms with van der Waals surface area (Å²) < 4.78 is 67.1. The van der Waals surface area contributed by atoms with Gasteiger partial charge < -0.3 is 20.7 Å². The first-order valence-electron chi connectivity index (χ1n) is 14.8. The fourth-order valence-corrected chi connectivity index (χ4v) is 7.79. The van der Waals surface area contributed by atoms with E-state index < -0.39 is 23.6 Å². The second-order valence-corrected chi connectivity index (χ2v) is 13.6. The van der Waals surface area contributed by atoms with Crippen LogP contribution < -0.4 is 20.7 Å². The third-order valence-electron chi connectivity index (χ3n) is 9.38. The summed E-state index contributed by atoms with van der Waals surface area (Å²) in [5.74, 6) is -1.86. The van der Waals surface area contributed by atoms with E-state index in [1.807, 2.05) is 0 Å². The zero-order valence-corrected chi connectivity index (χ0v) is 24.2. The van der Waals surface area contributed by atoms with Crippen molar-refractivity contribution >= 4 is 43.4 Å². The third-order valence-corrected chi connectivity index (χ3v) is 10.3. The van der Waals surface area contributed by atoms with Crippen molar-refractivity contribution in [1.29, 1.82) is 0 Å². The maximum Gasteiger partial charge on any atom is 0.319 e. The van der Waals surface area contributed by atoms with Crippen molar-refractivity contribution < 1.29 is 22.3 Å². The van der Waals surface area contributed by atoms with Gasteiger partial charge in [0.2, 0.25) is 0 Å². The number of nitrogens with zero attached hydrogens (tertiary/aromatic N) is 5. The Morgan fingerprint density at radius 2 is 1.79 bits per heavy atom. The number of hydrogen-bond donors (Lipinski definition) is 2. The molecule has 0 amide bonds. The number of nitrogen functional groups attached to an aromatic ring is 1. The molecule has 226 valence electrons. The molecule has 8 nitrogen and oxygen atoms in total. The van der Waals surface area contributed by atoms with Gasteiger partial charge in [0, 0.05) is 61.2 Å². The van der Waals surface area contributed by atoms with E-state index in [9.17, 15) is 8.78 Å². The monoisotopic (exact) mass is 613 g/mol. The molecule has 43 heavy (non-hydrogen) atoms. The van der Waals surface area contributed by atoms with Crippen molar-refractivity contribution in [1.82, 2.24) is 25.2 Å². The standard InChI is InChI=1S/C30H31F4N7OS/c31-15-5-8-40(10-15)13-30(6-7-30)14-42-29-38-24-19(27(39-29)41-11-16-1-2-17(12-41)36-16)9-21(33)22(23(24)34)18-3-4-20(32)26-25(18)37-28(35)43-26/h3-4,9,15-17,36H,1-2,5-8,10-14H2,(H2,35,37)/t15-,16?,17?/m1/s1. The molecule has 1 saturated carbocycles. The van der Waals surface area contributed by atoms with E-state index >= 15 is 8.78 Å². The molecule has 4 aromatic rings. The van der Waals surface area contributed by atoms with Gasteiger partial charge in [-0.05, 0) is 50.3 Å². The normalized spacial score (nSPS) is 24.8. The van der Waals surface area contributed by atoms with Gasteiger partial charge in [-0.1, -0.05) is 11.3 Å². The molecule has 3 saturated heterocycles. The predicted molar refractivity (Wildman–Crippen MR) is 158 cm³/mol. The van der Waals surface area contributed by atoms with Gasteiger partial charge in [-0.15, -0.1) is 0 Å². The van der Waals surface area contributed by atoms with Crippen LogP contribution in [0.15, 0.2) is 18.2 Å². The number of piperazine rings is 1. The smallest absolute Gasteiger partial charge is 0.319 e. The SMILES string of the molecule is Nc1nc2c(-c3c(F)cc4c(N5CC6CCC(C5)N6)nc(OCC5(CN6CC[C@@H](F)C6)CC5)nc4c3F)ccc(F)c2s1. The van der Waals surface area contributed by atoms with Crippen LogP contribution in [-0.2, 0) is 0 Å². The lowest BCUT2D eigenvalue weighted by molar-refractivity contribution is 0.165. The van der Waals surface area contributed by atoms with E-state index in [2.05, 4.69) is 25.1 Å². The lowest BCUT2D eigenvalue weighted by Gasteiger charge is -2.34. The topological polar surface area (TPSA) is 92.4 Å². The lowest BCUT2D eigenvalue weighted by atomic mass is 10.0. The second kappa shape index (κ2) is 10.1. The molecule has 2 bridgehead atoms. The van der Waals surface area contributed by atoms with E-state index in [1.54, 1.807) is 0 Å². The molecule has 4 fully saturated rings. The summed E-state index contributed by atoms with van der Waals surface area (Å²) in [6, 6.07) is 4.27. The number of fused-ring (bicyclic) bond motifs is 4. The molecule has 2 unspecified atom stereocenters. The summed E-state index contributed by atoms with van der Waals surface area (Å²) in [4.78, 5) is 17.6. The van der Waals surface area contributed by atoms with Crippen molar-refractivity contribution in [3.63, 3.8) is 0 Å². The molecule has 2 aromatic carbocycles. The molecule has 0 radical (unpaired) electrons. The Kier molecular flexibility index (Phi) is 6.43. The molecular weight excluding hydrogens is 582 g/mol. The highest BCUT2D eigenvalue weighted by molar-refractivity contribution is 7.22. The van der Waals surface area contributed by atoms with E-state index in [1.165, 1.54) is 12.1 Å². The van der Waals surface area contributed by atoms with Gasteiger partial charge in [0.25, 0.3) is 0 Å². The minimum atomic E-state index is -0.895. The average Bonchev–Trinajstić information content (AvgIpc) is 3.23. The van der Waals surface area contributed by atoms with Crippen LogP contribution in [-0.4, -0.2) is 77.4 Å². The van der Waals surface area contributed by atoms with Gasteiger partial charge in [0.1, 0.15) is 29.1 Å². The average molecular weight is 614 g/mol. The Hall–Kier alpha value is -3.29. The number of ether oxygens (including phenoxy) is 1. The van der Waals surface area contributed by atoms with Crippen molar-refractivity contribution in [2.75, 3.05) is 50.0 Å². The molecule has 3 N–H and O–H groups in total. The van der Waals surface area contributed by atoms with Crippen LogP contribution in [0, 0.1) is 22.9 Å². The summed E-state index contributed by atoms with van der Waals surface area (Å²) in [5, 5.41) is 3.92. The summed E-state index contributed by atoms with van der Waals surface area (Å²) in [6.45, 7) is 3.51. The van der Waals surface area contributed by atoms with Gasteiger partial charge >= 0.3 is 6.01 Å². The minimum Gasteiger partial charge on any atom is -0.463 e. The second-order valence-electron chi connectivity index (χ2n) is 12.6. The number of benzene rings is 2. The number of thiazole rings is 1. The van der Waals surface area contributed by atoms with Crippen LogP contribution in [0.3, 0.4) is 0 Å². The zero-order valence-electron chi connectivity index (χ0n) is 23.4.